The predicted octanol–water partition coefficient (Wildman–Crippen LogP) is 4.78. The average Bonchev–Trinajstić information content (AvgIpc) is 2.79. The number of nitrogens with two attached hydrogens (primary N) is 1. The third-order valence-electron chi connectivity index (χ3n) is 4.49. The molecule has 198 valence electrons. The van der Waals surface area contributed by atoms with Crippen LogP contribution in [0.4, 0.5) is 27.6 Å². The molecule has 1 heterocycles. The maximum atomic E-state index is 14.3. The minimum Gasteiger partial charge on any atom is -0.388 e. The molecule has 1 aromatic heterocycles. The molecule has 2 aromatic carbocycles. The number of pyridine rings is 1. The number of amides is 1. The van der Waals surface area contributed by atoms with Gasteiger partial charge in [0, 0.05) is 23.7 Å². The lowest BCUT2D eigenvalue weighted by Crippen LogP contribution is -2.18. The molecule has 37 heavy (non-hydrogen) atoms. The number of amidine groups is 1. The molecule has 3 aromatic rings. The fraction of sp³-hybridized carbons (Fsp3) is 0.208. The average molecular weight is 543 g/mol. The van der Waals surface area contributed by atoms with Gasteiger partial charge >= 0.3 is 6.18 Å². The quantitative estimate of drug-likeness (QED) is 0.264. The number of hydrogen-bond acceptors (Lipinski definition) is 5. The number of nitrogens with zero attached hydrogens (tertiary/aromatic N) is 2. The van der Waals surface area contributed by atoms with E-state index in [9.17, 15) is 35.2 Å². The van der Waals surface area contributed by atoms with Gasteiger partial charge in [-0.2, -0.15) is 13.2 Å². The summed E-state index contributed by atoms with van der Waals surface area (Å²) in [5.41, 5.74) is 4.15. The summed E-state index contributed by atoms with van der Waals surface area (Å²) in [4.78, 5) is 19.7. The highest BCUT2D eigenvalue weighted by atomic mass is 32.2. The Kier molecular flexibility index (Phi) is 9.83. The maximum Gasteiger partial charge on any atom is 0.417 e. The molecule has 7 nitrogen and oxygen atoms in total. The van der Waals surface area contributed by atoms with Gasteiger partial charge in [-0.05, 0) is 49.4 Å². The van der Waals surface area contributed by atoms with Gasteiger partial charge in [-0.1, -0.05) is 18.2 Å². The minimum absolute atomic E-state index is 0.0337. The zero-order chi connectivity index (χ0) is 27.8. The van der Waals surface area contributed by atoms with Gasteiger partial charge in [0.25, 0.3) is 5.91 Å². The second-order valence-corrected chi connectivity index (χ2v) is 9.98. The van der Waals surface area contributed by atoms with E-state index in [-0.39, 0.29) is 28.6 Å². The van der Waals surface area contributed by atoms with Crippen LogP contribution in [0, 0.1) is 11.6 Å². The molecule has 3 rings (SSSR count). The van der Waals surface area contributed by atoms with Crippen molar-refractivity contribution in [2.45, 2.75) is 19.1 Å². The van der Waals surface area contributed by atoms with Crippen molar-refractivity contribution in [3.05, 3.63) is 95.3 Å². The molecule has 1 atom stereocenters. The van der Waals surface area contributed by atoms with Gasteiger partial charge in [-0.25, -0.2) is 17.2 Å². The van der Waals surface area contributed by atoms with E-state index >= 15 is 0 Å². The first-order valence-corrected chi connectivity index (χ1v) is 12.5. The molecule has 3 N–H and O–H groups in total. The summed E-state index contributed by atoms with van der Waals surface area (Å²) in [6, 6.07) is 11.8. The largest absolute Gasteiger partial charge is 0.417 e. The Labute approximate surface area is 210 Å². The smallest absolute Gasteiger partial charge is 0.388 e. The lowest BCUT2D eigenvalue weighted by Gasteiger charge is -2.15. The number of sulfone groups is 1. The first-order chi connectivity index (χ1) is 17.2. The number of carbonyl (C=O) groups excluding carboxylic acids is 1. The number of aromatic nitrogens is 1. The van der Waals surface area contributed by atoms with Crippen LogP contribution in [-0.2, 0) is 16.0 Å². The molecule has 0 saturated carbocycles. The van der Waals surface area contributed by atoms with Crippen molar-refractivity contribution in [2.24, 2.45) is 10.7 Å². The molecular weight excluding hydrogens is 519 g/mol. The number of carbonyl (C=O) groups is 1. The van der Waals surface area contributed by atoms with Crippen LogP contribution < -0.4 is 11.1 Å². The molecule has 0 aliphatic rings. The molecule has 0 bridgehead atoms. The number of halogens is 5. The lowest BCUT2D eigenvalue weighted by atomic mass is 10.1. The summed E-state index contributed by atoms with van der Waals surface area (Å²) < 4.78 is 87.3. The van der Waals surface area contributed by atoms with Gasteiger partial charge < -0.3 is 11.1 Å². The monoisotopic (exact) mass is 542 g/mol. The van der Waals surface area contributed by atoms with Crippen molar-refractivity contribution in [3.63, 3.8) is 0 Å². The summed E-state index contributed by atoms with van der Waals surface area (Å²) in [6.45, 7) is 1.41. The van der Waals surface area contributed by atoms with Crippen molar-refractivity contribution in [1.29, 1.82) is 0 Å². The number of nitrogens with one attached hydrogen (secondary N) is 1. The molecule has 13 heteroatoms. The Morgan fingerprint density at radius 1 is 1.08 bits per heavy atom. The molecule has 0 fully saturated rings. The fourth-order valence-corrected chi connectivity index (χ4v) is 3.74. The van der Waals surface area contributed by atoms with Crippen LogP contribution in [0.3, 0.4) is 0 Å². The molecule has 0 spiro atoms. The normalized spacial score (nSPS) is 12.8. The standard InChI is InChI=1S/C18H18F4N4O3S.C6H5F/c1-10(23)25-16(9-30(2,28)29)13-7-12(4-5-14(13)19)26-17(27)15-6-3-11(8-24-15)18(20,21)22;7-6-4-2-1-3-5-6/h3-8,16H,9H2,1-2H3,(H2,23,25)(H,26,27);1-5H. The summed E-state index contributed by atoms with van der Waals surface area (Å²) in [7, 11) is -3.55. The van der Waals surface area contributed by atoms with Crippen LogP contribution in [0.2, 0.25) is 0 Å². The molecule has 0 aliphatic carbocycles. The van der Waals surface area contributed by atoms with Crippen LogP contribution in [0.25, 0.3) is 0 Å². The Morgan fingerprint density at radius 2 is 1.73 bits per heavy atom. The molecule has 0 radical (unpaired) electrons. The molecule has 0 aliphatic heterocycles. The van der Waals surface area contributed by atoms with Gasteiger partial charge in [0.1, 0.15) is 27.2 Å². The highest BCUT2D eigenvalue weighted by Crippen LogP contribution is 2.29. The number of rotatable bonds is 6. The molecular formula is C24H23F5N4O3S. The van der Waals surface area contributed by atoms with Gasteiger partial charge in [0.15, 0.2) is 0 Å². The Bertz CT molecular complexity index is 1340. The van der Waals surface area contributed by atoms with Crippen LogP contribution in [0.1, 0.15) is 34.6 Å². The van der Waals surface area contributed by atoms with Crippen molar-refractivity contribution < 1.29 is 35.2 Å². The van der Waals surface area contributed by atoms with Crippen molar-refractivity contribution >= 4 is 27.3 Å². The van der Waals surface area contributed by atoms with E-state index in [4.69, 9.17) is 5.73 Å². The molecule has 1 unspecified atom stereocenters. The Balaban J connectivity index is 0.000000591. The first kappa shape index (κ1) is 29.4. The molecule has 1 amide bonds. The van der Waals surface area contributed by atoms with Crippen LogP contribution >= 0.6 is 0 Å². The SMILES string of the molecule is CC(N)=NC(CS(C)(=O)=O)c1cc(NC(=O)c2ccc(C(F)(F)F)cn2)ccc1F.Fc1ccccc1. The minimum atomic E-state index is -4.59. The number of anilines is 1. The van der Waals surface area contributed by atoms with E-state index in [0.29, 0.717) is 12.3 Å². The Hall–Kier alpha value is -3.87. The summed E-state index contributed by atoms with van der Waals surface area (Å²) in [6.07, 6.45) is -3.11. The molecule has 0 saturated heterocycles. The third kappa shape index (κ3) is 9.95. The number of alkyl halides is 3. The van der Waals surface area contributed by atoms with E-state index in [0.717, 1.165) is 18.4 Å². The third-order valence-corrected chi connectivity index (χ3v) is 5.41. The predicted molar refractivity (Wildman–Crippen MR) is 130 cm³/mol. The topological polar surface area (TPSA) is 115 Å². The van der Waals surface area contributed by atoms with E-state index in [2.05, 4.69) is 15.3 Å². The highest BCUT2D eigenvalue weighted by molar-refractivity contribution is 7.90. The first-order valence-electron chi connectivity index (χ1n) is 10.5. The second-order valence-electron chi connectivity index (χ2n) is 7.79. The second kappa shape index (κ2) is 12.4. The zero-order valence-electron chi connectivity index (χ0n) is 19.6. The van der Waals surface area contributed by atoms with Crippen LogP contribution in [0.5, 0.6) is 0 Å². The summed E-state index contributed by atoms with van der Waals surface area (Å²) >= 11 is 0. The van der Waals surface area contributed by atoms with Crippen LogP contribution in [0.15, 0.2) is 71.9 Å². The number of aliphatic imine (C=N–C) groups is 1. The van der Waals surface area contributed by atoms with Crippen LogP contribution in [-0.4, -0.2) is 37.2 Å². The van der Waals surface area contributed by atoms with Gasteiger partial charge in [-0.3, -0.25) is 14.8 Å². The lowest BCUT2D eigenvalue weighted by molar-refractivity contribution is -0.137. The van der Waals surface area contributed by atoms with Gasteiger partial charge in [0.2, 0.25) is 0 Å². The van der Waals surface area contributed by atoms with E-state index in [1.165, 1.54) is 31.2 Å². The summed E-state index contributed by atoms with van der Waals surface area (Å²) in [5, 5.41) is 2.38. The zero-order valence-corrected chi connectivity index (χ0v) is 20.4. The van der Waals surface area contributed by atoms with Crippen molar-refractivity contribution in [3.8, 4) is 0 Å². The van der Waals surface area contributed by atoms with Crippen molar-refractivity contribution in [1.82, 2.24) is 4.98 Å². The maximum absolute atomic E-state index is 14.3. The Morgan fingerprint density at radius 3 is 2.19 bits per heavy atom. The number of benzene rings is 2. The van der Waals surface area contributed by atoms with Crippen molar-refractivity contribution in [2.75, 3.05) is 17.3 Å². The number of hydrogen-bond donors (Lipinski definition) is 2. The highest BCUT2D eigenvalue weighted by Gasteiger charge is 2.31. The van der Waals surface area contributed by atoms with E-state index in [1.807, 2.05) is 0 Å². The van der Waals surface area contributed by atoms with Gasteiger partial charge in [0.05, 0.1) is 23.2 Å². The summed E-state index contributed by atoms with van der Waals surface area (Å²) in [5.74, 6) is -2.26. The van der Waals surface area contributed by atoms with Gasteiger partial charge in [-0.15, -0.1) is 0 Å². The van der Waals surface area contributed by atoms with E-state index < -0.39 is 45.1 Å². The van der Waals surface area contributed by atoms with E-state index in [1.54, 1.807) is 18.2 Å². The fourth-order valence-electron chi connectivity index (χ4n) is 2.91.